The van der Waals surface area contributed by atoms with E-state index in [2.05, 4.69) is 12.2 Å². The Balaban J connectivity index is 0.00000196. The molecule has 3 nitrogen and oxygen atoms in total. The van der Waals surface area contributed by atoms with Crippen LogP contribution in [0, 0.1) is 11.8 Å². The Morgan fingerprint density at radius 3 is 2.73 bits per heavy atom. The van der Waals surface area contributed by atoms with Crippen molar-refractivity contribution in [2.45, 2.75) is 39.7 Å². The second kappa shape index (κ2) is 7.07. The van der Waals surface area contributed by atoms with Crippen LogP contribution in [0.5, 0.6) is 0 Å². The van der Waals surface area contributed by atoms with Crippen LogP contribution < -0.4 is 5.32 Å². The lowest BCUT2D eigenvalue weighted by molar-refractivity contribution is -0.149. The van der Waals surface area contributed by atoms with E-state index in [1.54, 1.807) is 0 Å². The molecule has 1 rings (SSSR count). The Morgan fingerprint density at radius 2 is 2.20 bits per heavy atom. The molecule has 1 heterocycles. The van der Waals surface area contributed by atoms with Crippen molar-refractivity contribution in [2.24, 2.45) is 11.8 Å². The highest BCUT2D eigenvalue weighted by molar-refractivity contribution is 5.85. The summed E-state index contributed by atoms with van der Waals surface area (Å²) >= 11 is 0. The van der Waals surface area contributed by atoms with E-state index in [9.17, 15) is 4.79 Å². The zero-order chi connectivity index (χ0) is 10.6. The number of hydrogen-bond acceptors (Lipinski definition) is 3. The van der Waals surface area contributed by atoms with E-state index < -0.39 is 0 Å². The Morgan fingerprint density at radius 1 is 1.53 bits per heavy atom. The molecule has 0 aromatic rings. The third-order valence-electron chi connectivity index (χ3n) is 2.76. The van der Waals surface area contributed by atoms with E-state index in [1.807, 2.05) is 13.8 Å². The van der Waals surface area contributed by atoms with Crippen LogP contribution in [0.4, 0.5) is 0 Å². The normalized spacial score (nSPS) is 25.9. The van der Waals surface area contributed by atoms with Gasteiger partial charge in [-0.15, -0.1) is 12.4 Å². The van der Waals surface area contributed by atoms with Crippen LogP contribution in [0.25, 0.3) is 0 Å². The molecule has 15 heavy (non-hydrogen) atoms. The summed E-state index contributed by atoms with van der Waals surface area (Å²) in [4.78, 5) is 11.4. The van der Waals surface area contributed by atoms with Crippen LogP contribution in [-0.4, -0.2) is 25.2 Å². The third kappa shape index (κ3) is 5.38. The fourth-order valence-electron chi connectivity index (χ4n) is 1.90. The predicted octanol–water partition coefficient (Wildman–Crippen LogP) is 2.00. The first-order chi connectivity index (χ1) is 6.59. The van der Waals surface area contributed by atoms with Crippen molar-refractivity contribution in [1.82, 2.24) is 5.32 Å². The van der Waals surface area contributed by atoms with Gasteiger partial charge < -0.3 is 10.1 Å². The zero-order valence-corrected chi connectivity index (χ0v) is 10.6. The summed E-state index contributed by atoms with van der Waals surface area (Å²) in [6.07, 6.45) is 1.69. The van der Waals surface area contributed by atoms with E-state index in [0.29, 0.717) is 18.3 Å². The second-order valence-corrected chi connectivity index (χ2v) is 4.47. The molecule has 2 atom stereocenters. The molecule has 1 fully saturated rings. The molecule has 90 valence electrons. The molecular weight excluding hydrogens is 214 g/mol. The predicted molar refractivity (Wildman–Crippen MR) is 63.2 cm³/mol. The summed E-state index contributed by atoms with van der Waals surface area (Å²) in [5.41, 5.74) is 0. The first-order valence-corrected chi connectivity index (χ1v) is 5.49. The Hall–Kier alpha value is -0.280. The van der Waals surface area contributed by atoms with E-state index in [0.717, 1.165) is 19.5 Å². The minimum atomic E-state index is -0.0428. The summed E-state index contributed by atoms with van der Waals surface area (Å²) < 4.78 is 5.14. The molecule has 1 saturated heterocycles. The van der Waals surface area contributed by atoms with Crippen LogP contribution >= 0.6 is 12.4 Å². The lowest BCUT2D eigenvalue weighted by Crippen LogP contribution is -2.36. The fourth-order valence-corrected chi connectivity index (χ4v) is 1.90. The Kier molecular flexibility index (Phi) is 6.94. The smallest absolute Gasteiger partial charge is 0.306 e. The van der Waals surface area contributed by atoms with Gasteiger partial charge in [0.05, 0.1) is 6.10 Å². The number of piperidine rings is 1. The minimum absolute atomic E-state index is 0. The lowest BCUT2D eigenvalue weighted by atomic mass is 9.85. The summed E-state index contributed by atoms with van der Waals surface area (Å²) in [5.74, 6) is 1.05. The van der Waals surface area contributed by atoms with Crippen LogP contribution in [0.1, 0.15) is 33.6 Å². The van der Waals surface area contributed by atoms with E-state index in [1.165, 1.54) is 0 Å². The SMILES string of the molecule is CC(C)OC(=O)C[C@@H]1CCNC[C@@H]1C.Cl. The topological polar surface area (TPSA) is 38.3 Å². The van der Waals surface area contributed by atoms with Crippen LogP contribution in [0.3, 0.4) is 0 Å². The minimum Gasteiger partial charge on any atom is -0.463 e. The molecule has 0 amide bonds. The molecule has 1 aliphatic heterocycles. The highest BCUT2D eigenvalue weighted by atomic mass is 35.5. The van der Waals surface area contributed by atoms with Gasteiger partial charge >= 0.3 is 5.97 Å². The van der Waals surface area contributed by atoms with Gasteiger partial charge in [-0.05, 0) is 45.2 Å². The molecule has 0 bridgehead atoms. The fraction of sp³-hybridized carbons (Fsp3) is 0.909. The number of esters is 1. The second-order valence-electron chi connectivity index (χ2n) is 4.47. The van der Waals surface area contributed by atoms with Gasteiger partial charge in [-0.1, -0.05) is 6.92 Å². The molecule has 1 N–H and O–H groups in total. The molecular formula is C11H22ClNO2. The Bertz CT molecular complexity index is 197. The molecule has 0 unspecified atom stereocenters. The molecule has 0 spiro atoms. The maximum absolute atomic E-state index is 11.4. The standard InChI is InChI=1S/C11H21NO2.ClH/c1-8(2)14-11(13)6-10-4-5-12-7-9(10)3;/h8-10,12H,4-7H2,1-3H3;1H/t9-,10-;/m0./s1. The molecule has 4 heteroatoms. The molecule has 0 radical (unpaired) electrons. The first kappa shape index (κ1) is 14.7. The van der Waals surface area contributed by atoms with Gasteiger partial charge in [0.15, 0.2) is 0 Å². The summed E-state index contributed by atoms with van der Waals surface area (Å²) in [5, 5.41) is 3.33. The molecule has 0 aliphatic carbocycles. The van der Waals surface area contributed by atoms with Crippen molar-refractivity contribution < 1.29 is 9.53 Å². The van der Waals surface area contributed by atoms with Crippen molar-refractivity contribution in [3.63, 3.8) is 0 Å². The number of rotatable bonds is 3. The van der Waals surface area contributed by atoms with E-state index in [-0.39, 0.29) is 24.5 Å². The average molecular weight is 236 g/mol. The van der Waals surface area contributed by atoms with E-state index >= 15 is 0 Å². The molecule has 0 saturated carbocycles. The number of carbonyl (C=O) groups is 1. The zero-order valence-electron chi connectivity index (χ0n) is 9.79. The average Bonchev–Trinajstić information content (AvgIpc) is 2.07. The largest absolute Gasteiger partial charge is 0.463 e. The Labute approximate surface area is 98.4 Å². The third-order valence-corrected chi connectivity index (χ3v) is 2.76. The van der Waals surface area contributed by atoms with Gasteiger partial charge in [0, 0.05) is 6.42 Å². The number of halogens is 1. The highest BCUT2D eigenvalue weighted by Gasteiger charge is 2.24. The van der Waals surface area contributed by atoms with Crippen molar-refractivity contribution >= 4 is 18.4 Å². The van der Waals surface area contributed by atoms with Gasteiger partial charge in [0.1, 0.15) is 0 Å². The lowest BCUT2D eigenvalue weighted by Gasteiger charge is -2.28. The van der Waals surface area contributed by atoms with Crippen molar-refractivity contribution in [3.8, 4) is 0 Å². The maximum Gasteiger partial charge on any atom is 0.306 e. The summed E-state index contributed by atoms with van der Waals surface area (Å²) in [7, 11) is 0. The van der Waals surface area contributed by atoms with Gasteiger partial charge in [-0.2, -0.15) is 0 Å². The molecule has 0 aromatic heterocycles. The highest BCUT2D eigenvalue weighted by Crippen LogP contribution is 2.22. The first-order valence-electron chi connectivity index (χ1n) is 5.49. The van der Waals surface area contributed by atoms with Crippen LogP contribution in [0.2, 0.25) is 0 Å². The van der Waals surface area contributed by atoms with Gasteiger partial charge in [0.2, 0.25) is 0 Å². The number of ether oxygens (including phenoxy) is 1. The molecule has 0 aromatic carbocycles. The van der Waals surface area contributed by atoms with E-state index in [4.69, 9.17) is 4.74 Å². The van der Waals surface area contributed by atoms with Gasteiger partial charge in [0.25, 0.3) is 0 Å². The maximum atomic E-state index is 11.4. The van der Waals surface area contributed by atoms with Crippen molar-refractivity contribution in [1.29, 1.82) is 0 Å². The van der Waals surface area contributed by atoms with Crippen molar-refractivity contribution in [2.75, 3.05) is 13.1 Å². The van der Waals surface area contributed by atoms with Gasteiger partial charge in [-0.25, -0.2) is 0 Å². The van der Waals surface area contributed by atoms with Crippen LogP contribution in [0.15, 0.2) is 0 Å². The number of carbonyl (C=O) groups excluding carboxylic acids is 1. The summed E-state index contributed by atoms with van der Waals surface area (Å²) in [6.45, 7) is 8.04. The van der Waals surface area contributed by atoms with Crippen LogP contribution in [-0.2, 0) is 9.53 Å². The quantitative estimate of drug-likeness (QED) is 0.761. The van der Waals surface area contributed by atoms with Crippen molar-refractivity contribution in [3.05, 3.63) is 0 Å². The monoisotopic (exact) mass is 235 g/mol. The molecule has 1 aliphatic rings. The van der Waals surface area contributed by atoms with Gasteiger partial charge in [-0.3, -0.25) is 4.79 Å². The number of hydrogen-bond donors (Lipinski definition) is 1. The number of nitrogens with one attached hydrogen (secondary N) is 1. The summed E-state index contributed by atoms with van der Waals surface area (Å²) in [6, 6.07) is 0.